The number of amides is 3. The van der Waals surface area contributed by atoms with Gasteiger partial charge in [-0.25, -0.2) is 4.79 Å². The number of rotatable bonds is 8. The average molecular weight is 404 g/mol. The molecule has 1 aromatic heterocycles. The number of aryl methyl sites for hydroxylation is 1. The Balaban J connectivity index is 1.41. The molecular weight excluding hydrogens is 384 g/mol. The minimum absolute atomic E-state index is 0.121. The summed E-state index contributed by atoms with van der Waals surface area (Å²) in [6.07, 6.45) is -0.329. The predicted octanol–water partition coefficient (Wildman–Crippen LogP) is 2.25. The first kappa shape index (κ1) is 19.7. The summed E-state index contributed by atoms with van der Waals surface area (Å²) < 4.78 is 9.77. The van der Waals surface area contributed by atoms with Crippen molar-refractivity contribution in [2.45, 2.75) is 13.5 Å². The summed E-state index contributed by atoms with van der Waals surface area (Å²) in [6.45, 7) is 3.12. The van der Waals surface area contributed by atoms with Gasteiger partial charge in [-0.2, -0.15) is 0 Å². The highest BCUT2D eigenvalue weighted by Crippen LogP contribution is 2.16. The molecule has 1 aliphatic heterocycles. The lowest BCUT2D eigenvalue weighted by Crippen LogP contribution is -2.23. The first-order valence-electron chi connectivity index (χ1n) is 8.61. The van der Waals surface area contributed by atoms with Gasteiger partial charge in [0.25, 0.3) is 0 Å². The summed E-state index contributed by atoms with van der Waals surface area (Å²) in [6, 6.07) is 8.89. The number of cyclic esters (lactones) is 1. The SMILES string of the molecule is Cc1cc(NC(=O)CSCC(=O)Nc2cccc(CN3CCOC3=O)c2)no1. The largest absolute Gasteiger partial charge is 0.448 e. The predicted molar refractivity (Wildman–Crippen MR) is 104 cm³/mol. The summed E-state index contributed by atoms with van der Waals surface area (Å²) in [5.41, 5.74) is 1.53. The van der Waals surface area contributed by atoms with Crippen molar-refractivity contribution in [3.05, 3.63) is 41.7 Å². The molecule has 0 bridgehead atoms. The molecule has 28 heavy (non-hydrogen) atoms. The van der Waals surface area contributed by atoms with E-state index in [1.54, 1.807) is 24.0 Å². The minimum atomic E-state index is -0.329. The van der Waals surface area contributed by atoms with E-state index in [0.29, 0.717) is 37.0 Å². The maximum absolute atomic E-state index is 12.1. The van der Waals surface area contributed by atoms with Crippen molar-refractivity contribution in [1.82, 2.24) is 10.1 Å². The molecule has 1 aliphatic rings. The first-order chi connectivity index (χ1) is 13.5. The van der Waals surface area contributed by atoms with Crippen LogP contribution in [0.5, 0.6) is 0 Å². The Morgan fingerprint density at radius 3 is 2.68 bits per heavy atom. The fraction of sp³-hybridized carbons (Fsp3) is 0.333. The molecule has 0 spiro atoms. The quantitative estimate of drug-likeness (QED) is 0.693. The zero-order chi connectivity index (χ0) is 19.9. The van der Waals surface area contributed by atoms with Gasteiger partial charge in [-0.1, -0.05) is 17.3 Å². The first-order valence-corrected chi connectivity index (χ1v) is 9.76. The van der Waals surface area contributed by atoms with Gasteiger partial charge in [0, 0.05) is 18.3 Å². The number of aromatic nitrogens is 1. The van der Waals surface area contributed by atoms with Gasteiger partial charge in [0.2, 0.25) is 11.8 Å². The fourth-order valence-electron chi connectivity index (χ4n) is 2.57. The molecule has 148 valence electrons. The van der Waals surface area contributed by atoms with E-state index >= 15 is 0 Å². The number of carbonyl (C=O) groups excluding carboxylic acids is 3. The number of nitrogens with zero attached hydrogens (tertiary/aromatic N) is 2. The topological polar surface area (TPSA) is 114 Å². The molecular formula is C18H20N4O5S. The van der Waals surface area contributed by atoms with E-state index in [1.165, 1.54) is 11.8 Å². The van der Waals surface area contributed by atoms with E-state index in [4.69, 9.17) is 9.26 Å². The van der Waals surface area contributed by atoms with Crippen molar-refractivity contribution in [1.29, 1.82) is 0 Å². The number of nitrogens with one attached hydrogen (secondary N) is 2. The maximum Gasteiger partial charge on any atom is 0.410 e. The number of benzene rings is 1. The zero-order valence-corrected chi connectivity index (χ0v) is 16.1. The third kappa shape index (κ3) is 5.74. The highest BCUT2D eigenvalue weighted by atomic mass is 32.2. The van der Waals surface area contributed by atoms with Crippen LogP contribution in [-0.4, -0.2) is 52.6 Å². The van der Waals surface area contributed by atoms with Gasteiger partial charge in [0.15, 0.2) is 5.82 Å². The summed E-state index contributed by atoms with van der Waals surface area (Å²) in [7, 11) is 0. The lowest BCUT2D eigenvalue weighted by molar-refractivity contribution is -0.114. The van der Waals surface area contributed by atoms with Gasteiger partial charge >= 0.3 is 6.09 Å². The molecule has 1 aromatic carbocycles. The second kappa shape index (κ2) is 9.27. The van der Waals surface area contributed by atoms with Crippen LogP contribution >= 0.6 is 11.8 Å². The summed E-state index contributed by atoms with van der Waals surface area (Å²) in [5.74, 6) is 0.737. The number of anilines is 2. The highest BCUT2D eigenvalue weighted by molar-refractivity contribution is 8.00. The van der Waals surface area contributed by atoms with Crippen molar-refractivity contribution in [3.63, 3.8) is 0 Å². The summed E-state index contributed by atoms with van der Waals surface area (Å²) >= 11 is 1.19. The summed E-state index contributed by atoms with van der Waals surface area (Å²) in [4.78, 5) is 37.0. The molecule has 3 rings (SSSR count). The second-order valence-corrected chi connectivity index (χ2v) is 7.13. The molecule has 0 atom stereocenters. The van der Waals surface area contributed by atoms with Gasteiger partial charge in [0.05, 0.1) is 18.1 Å². The van der Waals surface area contributed by atoms with E-state index in [0.717, 1.165) is 5.56 Å². The molecule has 2 heterocycles. The lowest BCUT2D eigenvalue weighted by Gasteiger charge is -2.13. The summed E-state index contributed by atoms with van der Waals surface area (Å²) in [5, 5.41) is 9.06. The van der Waals surface area contributed by atoms with Gasteiger partial charge in [-0.05, 0) is 24.6 Å². The third-order valence-corrected chi connectivity index (χ3v) is 4.72. The molecule has 0 aliphatic carbocycles. The second-order valence-electron chi connectivity index (χ2n) is 6.15. The highest BCUT2D eigenvalue weighted by Gasteiger charge is 2.21. The monoisotopic (exact) mass is 404 g/mol. The van der Waals surface area contributed by atoms with Crippen LogP contribution in [0.15, 0.2) is 34.9 Å². The van der Waals surface area contributed by atoms with Crippen molar-refractivity contribution in [3.8, 4) is 0 Å². The number of thioether (sulfide) groups is 1. The van der Waals surface area contributed by atoms with Crippen LogP contribution in [0, 0.1) is 6.92 Å². The Kier molecular flexibility index (Phi) is 6.53. The lowest BCUT2D eigenvalue weighted by atomic mass is 10.2. The molecule has 0 unspecified atom stereocenters. The maximum atomic E-state index is 12.1. The zero-order valence-electron chi connectivity index (χ0n) is 15.3. The van der Waals surface area contributed by atoms with E-state index in [1.807, 2.05) is 18.2 Å². The molecule has 2 aromatic rings. The third-order valence-electron chi connectivity index (χ3n) is 3.79. The Morgan fingerprint density at radius 2 is 2.00 bits per heavy atom. The molecule has 0 saturated carbocycles. The smallest absolute Gasteiger partial charge is 0.410 e. The molecule has 1 fully saturated rings. The van der Waals surface area contributed by atoms with Crippen molar-refractivity contribution in [2.24, 2.45) is 0 Å². The molecule has 10 heteroatoms. The van der Waals surface area contributed by atoms with Crippen LogP contribution in [0.25, 0.3) is 0 Å². The van der Waals surface area contributed by atoms with Crippen LogP contribution in [0.2, 0.25) is 0 Å². The molecule has 3 amide bonds. The van der Waals surface area contributed by atoms with E-state index < -0.39 is 0 Å². The van der Waals surface area contributed by atoms with Gasteiger partial charge < -0.3 is 24.8 Å². The van der Waals surface area contributed by atoms with Crippen LogP contribution in [0.3, 0.4) is 0 Å². The van der Waals surface area contributed by atoms with Crippen LogP contribution < -0.4 is 10.6 Å². The number of carbonyl (C=O) groups is 3. The molecule has 9 nitrogen and oxygen atoms in total. The number of hydrogen-bond donors (Lipinski definition) is 2. The normalized spacial score (nSPS) is 13.3. The van der Waals surface area contributed by atoms with Crippen LogP contribution in [-0.2, 0) is 20.9 Å². The molecule has 0 radical (unpaired) electrons. The molecule has 2 N–H and O–H groups in total. The Hall–Kier alpha value is -3.01. The van der Waals surface area contributed by atoms with Gasteiger partial charge in [-0.3, -0.25) is 9.59 Å². The van der Waals surface area contributed by atoms with Crippen LogP contribution in [0.1, 0.15) is 11.3 Å². The number of ether oxygens (including phenoxy) is 1. The Morgan fingerprint density at radius 1 is 1.21 bits per heavy atom. The average Bonchev–Trinajstić information content (AvgIpc) is 3.23. The van der Waals surface area contributed by atoms with Crippen LogP contribution in [0.4, 0.5) is 16.3 Å². The van der Waals surface area contributed by atoms with Gasteiger partial charge in [-0.15, -0.1) is 11.8 Å². The van der Waals surface area contributed by atoms with E-state index in [2.05, 4.69) is 15.8 Å². The Bertz CT molecular complexity index is 869. The Labute approximate surface area is 165 Å². The minimum Gasteiger partial charge on any atom is -0.448 e. The molecule has 1 saturated heterocycles. The van der Waals surface area contributed by atoms with Gasteiger partial charge in [0.1, 0.15) is 12.4 Å². The number of hydrogen-bond acceptors (Lipinski definition) is 7. The fourth-order valence-corrected chi connectivity index (χ4v) is 3.19. The van der Waals surface area contributed by atoms with Crippen molar-refractivity contribution in [2.75, 3.05) is 35.3 Å². The standard InChI is InChI=1S/C18H20N4O5S/c1-12-7-15(21-27-12)20-17(24)11-28-10-16(23)19-14-4-2-3-13(8-14)9-22-5-6-26-18(22)25/h2-4,7-8H,5-6,9-11H2,1H3,(H,19,23)(H,20,21,24). The van der Waals surface area contributed by atoms with Crippen molar-refractivity contribution < 1.29 is 23.6 Å². The van der Waals surface area contributed by atoms with E-state index in [-0.39, 0.29) is 29.4 Å². The van der Waals surface area contributed by atoms with Crippen molar-refractivity contribution >= 4 is 41.2 Å². The van der Waals surface area contributed by atoms with E-state index in [9.17, 15) is 14.4 Å².